The Kier molecular flexibility index (Phi) is 4.05. The summed E-state index contributed by atoms with van der Waals surface area (Å²) in [4.78, 5) is 4.63. The van der Waals surface area contributed by atoms with Crippen LogP contribution in [0.1, 0.15) is 71.0 Å². The second-order valence-electron chi connectivity index (χ2n) is 5.77. The lowest BCUT2D eigenvalue weighted by Gasteiger charge is -2.20. The number of hydrogen-bond acceptors (Lipinski definition) is 4. The Morgan fingerprint density at radius 3 is 2.67 bits per heavy atom. The van der Waals surface area contributed by atoms with Gasteiger partial charge in [-0.3, -0.25) is 0 Å². The molecule has 0 spiro atoms. The van der Waals surface area contributed by atoms with Gasteiger partial charge >= 0.3 is 0 Å². The molecule has 1 aliphatic rings. The van der Waals surface area contributed by atoms with E-state index in [2.05, 4.69) is 43.2 Å². The average molecular weight is 251 g/mol. The van der Waals surface area contributed by atoms with Crippen molar-refractivity contribution in [3.8, 4) is 0 Å². The van der Waals surface area contributed by atoms with E-state index in [1.54, 1.807) is 0 Å². The molecule has 1 aromatic rings. The Bertz CT molecular complexity index is 384. The molecule has 0 amide bonds. The third kappa shape index (κ3) is 2.74. The van der Waals surface area contributed by atoms with Gasteiger partial charge in [0, 0.05) is 11.5 Å². The lowest BCUT2D eigenvalue weighted by Crippen LogP contribution is -2.32. The quantitative estimate of drug-likeness (QED) is 0.809. The molecule has 0 aromatic carbocycles. The van der Waals surface area contributed by atoms with Gasteiger partial charge in [-0.15, -0.1) is 0 Å². The SMILES string of the molecule is CCCNC(C)C(CC)c1nc(C2(C)CC2)no1. The maximum absolute atomic E-state index is 5.48. The van der Waals surface area contributed by atoms with Crippen molar-refractivity contribution in [1.82, 2.24) is 15.5 Å². The summed E-state index contributed by atoms with van der Waals surface area (Å²) in [6.45, 7) is 9.81. The van der Waals surface area contributed by atoms with Gasteiger partial charge in [-0.2, -0.15) is 4.98 Å². The Balaban J connectivity index is 2.05. The summed E-state index contributed by atoms with van der Waals surface area (Å²) in [5.74, 6) is 2.02. The molecule has 102 valence electrons. The van der Waals surface area contributed by atoms with Crippen LogP contribution in [0.4, 0.5) is 0 Å². The summed E-state index contributed by atoms with van der Waals surface area (Å²) in [6.07, 6.45) is 4.54. The van der Waals surface area contributed by atoms with Crippen LogP contribution in [0.5, 0.6) is 0 Å². The molecule has 2 atom stereocenters. The fraction of sp³-hybridized carbons (Fsp3) is 0.857. The van der Waals surface area contributed by atoms with Crippen LogP contribution in [0, 0.1) is 0 Å². The first-order chi connectivity index (χ1) is 8.60. The van der Waals surface area contributed by atoms with Crippen molar-refractivity contribution in [1.29, 1.82) is 0 Å². The molecule has 1 fully saturated rings. The molecule has 18 heavy (non-hydrogen) atoms. The second kappa shape index (κ2) is 5.39. The standard InChI is InChI=1S/C14H25N3O/c1-5-9-15-10(3)11(6-2)12-16-13(17-18-12)14(4)7-8-14/h10-11,15H,5-9H2,1-4H3. The predicted octanol–water partition coefficient (Wildman–Crippen LogP) is 3.00. The molecule has 1 aromatic heterocycles. The Hall–Kier alpha value is -0.900. The number of aromatic nitrogens is 2. The van der Waals surface area contributed by atoms with E-state index in [9.17, 15) is 0 Å². The molecule has 1 saturated carbocycles. The molecule has 0 saturated heterocycles. The molecule has 0 radical (unpaired) electrons. The first-order valence-corrected chi connectivity index (χ1v) is 7.18. The summed E-state index contributed by atoms with van der Waals surface area (Å²) in [5, 5.41) is 7.69. The summed E-state index contributed by atoms with van der Waals surface area (Å²) < 4.78 is 5.48. The molecule has 2 unspecified atom stereocenters. The van der Waals surface area contributed by atoms with E-state index < -0.39 is 0 Å². The predicted molar refractivity (Wildman–Crippen MR) is 71.7 cm³/mol. The van der Waals surface area contributed by atoms with Crippen LogP contribution in [0.2, 0.25) is 0 Å². The zero-order chi connectivity index (χ0) is 13.2. The molecule has 0 bridgehead atoms. The molecule has 4 nitrogen and oxygen atoms in total. The lowest BCUT2D eigenvalue weighted by atomic mass is 9.98. The maximum Gasteiger partial charge on any atom is 0.231 e. The third-order valence-electron chi connectivity index (χ3n) is 4.06. The van der Waals surface area contributed by atoms with Gasteiger partial charge in [-0.1, -0.05) is 25.9 Å². The number of hydrogen-bond donors (Lipinski definition) is 1. The Morgan fingerprint density at radius 2 is 2.11 bits per heavy atom. The van der Waals surface area contributed by atoms with Gasteiger partial charge in [0.15, 0.2) is 5.82 Å². The normalized spacial score (nSPS) is 20.7. The topological polar surface area (TPSA) is 51.0 Å². The largest absolute Gasteiger partial charge is 0.339 e. The zero-order valence-electron chi connectivity index (χ0n) is 12.0. The average Bonchev–Trinajstić information content (AvgIpc) is 2.92. The highest BCUT2D eigenvalue weighted by Gasteiger charge is 2.44. The Labute approximate surface area is 110 Å². The highest BCUT2D eigenvalue weighted by atomic mass is 16.5. The van der Waals surface area contributed by atoms with Crippen LogP contribution < -0.4 is 5.32 Å². The second-order valence-corrected chi connectivity index (χ2v) is 5.77. The number of nitrogens with zero attached hydrogens (tertiary/aromatic N) is 2. The summed E-state index contributed by atoms with van der Waals surface area (Å²) in [7, 11) is 0. The molecule has 1 heterocycles. The van der Waals surface area contributed by atoms with E-state index in [0.29, 0.717) is 12.0 Å². The van der Waals surface area contributed by atoms with Gasteiger partial charge < -0.3 is 9.84 Å². The fourth-order valence-electron chi connectivity index (χ4n) is 2.30. The zero-order valence-corrected chi connectivity index (χ0v) is 12.0. The van der Waals surface area contributed by atoms with Crippen molar-refractivity contribution in [3.05, 3.63) is 11.7 Å². The van der Waals surface area contributed by atoms with E-state index in [1.807, 2.05) is 0 Å². The van der Waals surface area contributed by atoms with E-state index >= 15 is 0 Å². The van der Waals surface area contributed by atoms with Crippen molar-refractivity contribution in [2.75, 3.05) is 6.54 Å². The van der Waals surface area contributed by atoms with Gasteiger partial charge in [0.05, 0.1) is 5.92 Å². The van der Waals surface area contributed by atoms with Gasteiger partial charge in [0.1, 0.15) is 0 Å². The minimum Gasteiger partial charge on any atom is -0.339 e. The minimum atomic E-state index is 0.195. The highest BCUT2D eigenvalue weighted by Crippen LogP contribution is 2.46. The summed E-state index contributed by atoms with van der Waals surface area (Å²) in [5.41, 5.74) is 0.195. The number of nitrogens with one attached hydrogen (secondary N) is 1. The molecular weight excluding hydrogens is 226 g/mol. The van der Waals surface area contributed by atoms with Gasteiger partial charge in [-0.05, 0) is 39.2 Å². The first kappa shape index (κ1) is 13.5. The Morgan fingerprint density at radius 1 is 1.39 bits per heavy atom. The van der Waals surface area contributed by atoms with Crippen LogP contribution in [0.3, 0.4) is 0 Å². The van der Waals surface area contributed by atoms with Crippen molar-refractivity contribution in [3.63, 3.8) is 0 Å². The fourth-order valence-corrected chi connectivity index (χ4v) is 2.30. The third-order valence-corrected chi connectivity index (χ3v) is 4.06. The molecule has 4 heteroatoms. The summed E-state index contributed by atoms with van der Waals surface area (Å²) in [6, 6.07) is 0.384. The van der Waals surface area contributed by atoms with Crippen LogP contribution in [0.15, 0.2) is 4.52 Å². The van der Waals surface area contributed by atoms with Gasteiger partial charge in [0.25, 0.3) is 0 Å². The lowest BCUT2D eigenvalue weighted by molar-refractivity contribution is 0.313. The molecule has 1 aliphatic carbocycles. The number of rotatable bonds is 7. The molecule has 2 rings (SSSR count). The van der Waals surface area contributed by atoms with Crippen LogP contribution >= 0.6 is 0 Å². The van der Waals surface area contributed by atoms with E-state index in [4.69, 9.17) is 4.52 Å². The molecule has 1 N–H and O–H groups in total. The molecular formula is C14H25N3O. The molecule has 0 aliphatic heterocycles. The van der Waals surface area contributed by atoms with Crippen LogP contribution in [-0.2, 0) is 5.41 Å². The maximum atomic E-state index is 5.48. The minimum absolute atomic E-state index is 0.195. The van der Waals surface area contributed by atoms with E-state index in [-0.39, 0.29) is 5.41 Å². The van der Waals surface area contributed by atoms with Crippen molar-refractivity contribution in [2.24, 2.45) is 0 Å². The van der Waals surface area contributed by atoms with Gasteiger partial charge in [-0.25, -0.2) is 0 Å². The van der Waals surface area contributed by atoms with Crippen LogP contribution in [-0.4, -0.2) is 22.7 Å². The summed E-state index contributed by atoms with van der Waals surface area (Å²) >= 11 is 0. The van der Waals surface area contributed by atoms with Gasteiger partial charge in [0.2, 0.25) is 5.89 Å². The van der Waals surface area contributed by atoms with E-state index in [1.165, 1.54) is 12.8 Å². The van der Waals surface area contributed by atoms with Crippen LogP contribution in [0.25, 0.3) is 0 Å². The monoisotopic (exact) mass is 251 g/mol. The van der Waals surface area contributed by atoms with Crippen molar-refractivity contribution in [2.45, 2.75) is 70.8 Å². The first-order valence-electron chi connectivity index (χ1n) is 7.18. The van der Waals surface area contributed by atoms with E-state index in [0.717, 1.165) is 31.1 Å². The van der Waals surface area contributed by atoms with Crippen molar-refractivity contribution >= 4 is 0 Å². The highest BCUT2D eigenvalue weighted by molar-refractivity contribution is 5.15. The smallest absolute Gasteiger partial charge is 0.231 e. The van der Waals surface area contributed by atoms with Crippen molar-refractivity contribution < 1.29 is 4.52 Å².